The van der Waals surface area contributed by atoms with E-state index in [1.165, 1.54) is 0 Å². The SMILES string of the molecule is COCOC(NN)C(C)C. The van der Waals surface area contributed by atoms with Crippen LogP contribution in [0.5, 0.6) is 0 Å². The Morgan fingerprint density at radius 1 is 1.50 bits per heavy atom. The van der Waals surface area contributed by atoms with E-state index in [0.29, 0.717) is 5.92 Å². The minimum absolute atomic E-state index is 0.125. The van der Waals surface area contributed by atoms with Crippen molar-refractivity contribution in [2.24, 2.45) is 11.8 Å². The zero-order valence-corrected chi connectivity index (χ0v) is 6.76. The molecular weight excluding hydrogens is 132 g/mol. The van der Waals surface area contributed by atoms with Crippen LogP contribution in [0.1, 0.15) is 13.8 Å². The Bertz CT molecular complexity index is 78.1. The highest BCUT2D eigenvalue weighted by atomic mass is 16.7. The van der Waals surface area contributed by atoms with Crippen LogP contribution in [-0.4, -0.2) is 20.1 Å². The lowest BCUT2D eigenvalue weighted by molar-refractivity contribution is -0.0989. The number of nitrogens with two attached hydrogens (primary N) is 1. The molecule has 0 amide bonds. The van der Waals surface area contributed by atoms with Crippen LogP contribution in [0.25, 0.3) is 0 Å². The lowest BCUT2D eigenvalue weighted by Gasteiger charge is -2.19. The zero-order valence-electron chi connectivity index (χ0n) is 6.76. The van der Waals surface area contributed by atoms with E-state index in [1.54, 1.807) is 7.11 Å². The van der Waals surface area contributed by atoms with Crippen molar-refractivity contribution in [2.75, 3.05) is 13.9 Å². The fourth-order valence-electron chi connectivity index (χ4n) is 0.574. The summed E-state index contributed by atoms with van der Waals surface area (Å²) in [4.78, 5) is 0. The van der Waals surface area contributed by atoms with Gasteiger partial charge in [-0.05, 0) is 5.92 Å². The molecule has 0 rings (SSSR count). The molecule has 0 aromatic carbocycles. The van der Waals surface area contributed by atoms with Crippen molar-refractivity contribution < 1.29 is 9.47 Å². The number of methoxy groups -OCH3 is 1. The van der Waals surface area contributed by atoms with Crippen LogP contribution >= 0.6 is 0 Å². The van der Waals surface area contributed by atoms with Crippen LogP contribution in [-0.2, 0) is 9.47 Å². The average Bonchev–Trinajstić information content (AvgIpc) is 1.89. The van der Waals surface area contributed by atoms with Gasteiger partial charge in [0, 0.05) is 7.11 Å². The molecule has 4 heteroatoms. The Balaban J connectivity index is 3.40. The highest BCUT2D eigenvalue weighted by molar-refractivity contribution is 4.53. The van der Waals surface area contributed by atoms with Crippen molar-refractivity contribution >= 4 is 0 Å². The molecule has 0 aromatic heterocycles. The molecule has 0 radical (unpaired) electrons. The van der Waals surface area contributed by atoms with Crippen LogP contribution in [0.4, 0.5) is 0 Å². The molecule has 10 heavy (non-hydrogen) atoms. The monoisotopic (exact) mass is 148 g/mol. The largest absolute Gasteiger partial charge is 0.359 e. The lowest BCUT2D eigenvalue weighted by atomic mass is 10.2. The third-order valence-corrected chi connectivity index (χ3v) is 1.14. The molecule has 4 nitrogen and oxygen atoms in total. The van der Waals surface area contributed by atoms with Gasteiger partial charge >= 0.3 is 0 Å². The summed E-state index contributed by atoms with van der Waals surface area (Å²) in [5.74, 6) is 5.53. The van der Waals surface area contributed by atoms with Gasteiger partial charge in [0.15, 0.2) is 0 Å². The van der Waals surface area contributed by atoms with E-state index in [0.717, 1.165) is 0 Å². The summed E-state index contributed by atoms with van der Waals surface area (Å²) in [7, 11) is 1.58. The molecule has 0 heterocycles. The Morgan fingerprint density at radius 2 is 2.10 bits per heavy atom. The molecule has 1 atom stereocenters. The molecular formula is C6H16N2O2. The van der Waals surface area contributed by atoms with Gasteiger partial charge in [-0.25, -0.2) is 5.43 Å². The van der Waals surface area contributed by atoms with Crippen molar-refractivity contribution in [2.45, 2.75) is 20.1 Å². The molecule has 0 fully saturated rings. The minimum Gasteiger partial charge on any atom is -0.359 e. The smallest absolute Gasteiger partial charge is 0.148 e. The van der Waals surface area contributed by atoms with Crippen molar-refractivity contribution in [3.8, 4) is 0 Å². The van der Waals surface area contributed by atoms with Crippen LogP contribution in [0.15, 0.2) is 0 Å². The number of hydrazine groups is 1. The van der Waals surface area contributed by atoms with Crippen LogP contribution < -0.4 is 11.3 Å². The average molecular weight is 148 g/mol. The summed E-state index contributed by atoms with van der Waals surface area (Å²) < 4.78 is 9.85. The zero-order chi connectivity index (χ0) is 7.98. The van der Waals surface area contributed by atoms with Crippen molar-refractivity contribution in [3.05, 3.63) is 0 Å². The number of rotatable bonds is 5. The third kappa shape index (κ3) is 3.79. The fourth-order valence-corrected chi connectivity index (χ4v) is 0.574. The van der Waals surface area contributed by atoms with Gasteiger partial charge in [-0.2, -0.15) is 0 Å². The first-order valence-corrected chi connectivity index (χ1v) is 3.29. The van der Waals surface area contributed by atoms with Crippen LogP contribution in [0.3, 0.4) is 0 Å². The van der Waals surface area contributed by atoms with E-state index >= 15 is 0 Å². The summed E-state index contributed by atoms with van der Waals surface area (Å²) >= 11 is 0. The van der Waals surface area contributed by atoms with Crippen molar-refractivity contribution in [1.82, 2.24) is 5.43 Å². The van der Waals surface area contributed by atoms with E-state index in [4.69, 9.17) is 15.3 Å². The first-order valence-electron chi connectivity index (χ1n) is 3.29. The Hall–Kier alpha value is -0.160. The molecule has 0 bridgehead atoms. The predicted octanol–water partition coefficient (Wildman–Crippen LogP) is 0.0523. The van der Waals surface area contributed by atoms with E-state index in [-0.39, 0.29) is 13.0 Å². The summed E-state index contributed by atoms with van der Waals surface area (Å²) in [6.45, 7) is 4.30. The lowest BCUT2D eigenvalue weighted by Crippen LogP contribution is -2.41. The summed E-state index contributed by atoms with van der Waals surface area (Å²) in [6, 6.07) is 0. The van der Waals surface area contributed by atoms with Gasteiger partial charge in [0.1, 0.15) is 13.0 Å². The highest BCUT2D eigenvalue weighted by Gasteiger charge is 2.09. The standard InChI is InChI=1S/C6H16N2O2/c1-5(2)6(8-7)10-4-9-3/h5-6,8H,4,7H2,1-3H3. The molecule has 0 saturated heterocycles. The maximum Gasteiger partial charge on any atom is 0.148 e. The second-order valence-corrected chi connectivity index (χ2v) is 2.40. The Labute approximate surface area is 61.7 Å². The molecule has 0 aromatic rings. The van der Waals surface area contributed by atoms with Gasteiger partial charge in [0.2, 0.25) is 0 Å². The molecule has 1 unspecified atom stereocenters. The van der Waals surface area contributed by atoms with Gasteiger partial charge < -0.3 is 9.47 Å². The second kappa shape index (κ2) is 5.61. The summed E-state index contributed by atoms with van der Waals surface area (Å²) in [5, 5.41) is 0. The molecule has 0 aliphatic rings. The van der Waals surface area contributed by atoms with E-state index in [2.05, 4.69) is 5.43 Å². The first kappa shape index (κ1) is 9.84. The summed E-state index contributed by atoms with van der Waals surface area (Å²) in [5.41, 5.74) is 2.53. The molecule has 0 spiro atoms. The first-order chi connectivity index (χ1) is 4.72. The number of nitrogens with one attached hydrogen (secondary N) is 1. The Morgan fingerprint density at radius 3 is 2.40 bits per heavy atom. The number of hydrogen-bond acceptors (Lipinski definition) is 4. The van der Waals surface area contributed by atoms with Crippen LogP contribution in [0.2, 0.25) is 0 Å². The maximum atomic E-state index is 5.18. The fraction of sp³-hybridized carbons (Fsp3) is 1.00. The van der Waals surface area contributed by atoms with Gasteiger partial charge in [-0.3, -0.25) is 5.84 Å². The van der Waals surface area contributed by atoms with Crippen molar-refractivity contribution in [3.63, 3.8) is 0 Å². The Kier molecular flexibility index (Phi) is 5.52. The summed E-state index contributed by atoms with van der Waals surface area (Å²) in [6.07, 6.45) is -0.125. The molecule has 0 saturated carbocycles. The van der Waals surface area contributed by atoms with Crippen molar-refractivity contribution in [1.29, 1.82) is 0 Å². The van der Waals surface area contributed by atoms with Gasteiger partial charge in [0.25, 0.3) is 0 Å². The molecule has 0 aliphatic carbocycles. The molecule has 3 N–H and O–H groups in total. The molecule has 0 aliphatic heterocycles. The quantitative estimate of drug-likeness (QED) is 0.328. The van der Waals surface area contributed by atoms with Gasteiger partial charge in [-0.15, -0.1) is 0 Å². The normalized spacial score (nSPS) is 14.1. The predicted molar refractivity (Wildman–Crippen MR) is 38.9 cm³/mol. The number of hydrogen-bond donors (Lipinski definition) is 2. The highest BCUT2D eigenvalue weighted by Crippen LogP contribution is 2.00. The van der Waals surface area contributed by atoms with E-state index in [1.807, 2.05) is 13.8 Å². The molecule has 62 valence electrons. The van der Waals surface area contributed by atoms with Gasteiger partial charge in [0.05, 0.1) is 0 Å². The topological polar surface area (TPSA) is 56.5 Å². The van der Waals surface area contributed by atoms with Gasteiger partial charge in [-0.1, -0.05) is 13.8 Å². The van der Waals surface area contributed by atoms with Crippen LogP contribution in [0, 0.1) is 5.92 Å². The maximum absolute atomic E-state index is 5.18. The van der Waals surface area contributed by atoms with E-state index in [9.17, 15) is 0 Å². The second-order valence-electron chi connectivity index (χ2n) is 2.40. The number of ether oxygens (including phenoxy) is 2. The third-order valence-electron chi connectivity index (χ3n) is 1.14. The van der Waals surface area contributed by atoms with E-state index < -0.39 is 0 Å². The minimum atomic E-state index is -0.125.